The number of amides is 1. The molecule has 0 unspecified atom stereocenters. The summed E-state index contributed by atoms with van der Waals surface area (Å²) in [5.74, 6) is -0.473. The van der Waals surface area contributed by atoms with Crippen molar-refractivity contribution in [2.75, 3.05) is 19.7 Å². The van der Waals surface area contributed by atoms with Crippen molar-refractivity contribution in [3.63, 3.8) is 0 Å². The van der Waals surface area contributed by atoms with Crippen LogP contribution in [0.2, 0.25) is 0 Å². The second-order valence-electron chi connectivity index (χ2n) is 8.01. The molecule has 1 fully saturated rings. The maximum Gasteiger partial charge on any atom is 0.359 e. The van der Waals surface area contributed by atoms with Gasteiger partial charge in [0, 0.05) is 18.5 Å². The zero-order chi connectivity index (χ0) is 21.8. The van der Waals surface area contributed by atoms with Gasteiger partial charge in [-0.05, 0) is 30.4 Å². The highest BCUT2D eigenvalue weighted by Crippen LogP contribution is 2.17. The summed E-state index contributed by atoms with van der Waals surface area (Å²) >= 11 is 0. The summed E-state index contributed by atoms with van der Waals surface area (Å²) in [6, 6.07) is 16.2. The summed E-state index contributed by atoms with van der Waals surface area (Å²) in [5.41, 5.74) is 0.640. The first-order chi connectivity index (χ1) is 15.0. The van der Waals surface area contributed by atoms with E-state index in [4.69, 9.17) is 4.74 Å². The Bertz CT molecular complexity index is 1160. The zero-order valence-corrected chi connectivity index (χ0v) is 17.5. The summed E-state index contributed by atoms with van der Waals surface area (Å²) in [4.78, 5) is 40.0. The van der Waals surface area contributed by atoms with Gasteiger partial charge >= 0.3 is 5.97 Å². The van der Waals surface area contributed by atoms with Crippen LogP contribution in [0.1, 0.15) is 35.8 Å². The van der Waals surface area contributed by atoms with Gasteiger partial charge in [0.25, 0.3) is 11.5 Å². The second-order valence-corrected chi connectivity index (χ2v) is 8.01. The fourth-order valence-electron chi connectivity index (χ4n) is 3.95. The van der Waals surface area contributed by atoms with E-state index in [1.807, 2.05) is 30.3 Å². The molecule has 0 N–H and O–H groups in total. The fraction of sp³-hybridized carbons (Fsp3) is 0.333. The van der Waals surface area contributed by atoms with E-state index in [9.17, 15) is 14.4 Å². The largest absolute Gasteiger partial charge is 0.451 e. The van der Waals surface area contributed by atoms with E-state index in [-0.39, 0.29) is 30.3 Å². The molecule has 0 aliphatic carbocycles. The average molecular weight is 419 g/mol. The molecule has 0 bridgehead atoms. The highest BCUT2D eigenvalue weighted by molar-refractivity contribution is 6.02. The third-order valence-corrected chi connectivity index (χ3v) is 5.57. The van der Waals surface area contributed by atoms with E-state index in [1.165, 1.54) is 4.68 Å². The first kappa shape index (κ1) is 20.8. The molecule has 2 heterocycles. The van der Waals surface area contributed by atoms with E-state index in [0.29, 0.717) is 29.8 Å². The lowest BCUT2D eigenvalue weighted by Gasteiger charge is -2.30. The van der Waals surface area contributed by atoms with Gasteiger partial charge in [0.15, 0.2) is 12.3 Å². The van der Waals surface area contributed by atoms with Crippen molar-refractivity contribution in [2.24, 2.45) is 5.92 Å². The van der Waals surface area contributed by atoms with E-state index in [2.05, 4.69) is 12.0 Å². The number of rotatable bonds is 5. The minimum absolute atomic E-state index is 0.0333. The monoisotopic (exact) mass is 419 g/mol. The molecule has 3 aromatic rings. The van der Waals surface area contributed by atoms with Crippen molar-refractivity contribution in [3.8, 4) is 0 Å². The predicted molar refractivity (Wildman–Crippen MR) is 117 cm³/mol. The Morgan fingerprint density at radius 3 is 2.52 bits per heavy atom. The van der Waals surface area contributed by atoms with Crippen molar-refractivity contribution in [3.05, 3.63) is 76.2 Å². The SMILES string of the molecule is C[C@H]1CCCN(C(=O)COC(=O)c2nn(Cc3ccccc3)c(=O)c3ccccc23)C1. The standard InChI is InChI=1S/C24H25N3O4/c1-17-8-7-13-26(14-17)21(28)16-31-24(30)22-19-11-5-6-12-20(19)23(29)27(25-22)15-18-9-3-2-4-10-18/h2-6,9-12,17H,7-8,13-16H2,1H3/t17-/m0/s1. The van der Waals surface area contributed by atoms with Crippen LogP contribution < -0.4 is 5.56 Å². The molecule has 1 aromatic heterocycles. The van der Waals surface area contributed by atoms with Crippen molar-refractivity contribution < 1.29 is 14.3 Å². The van der Waals surface area contributed by atoms with Crippen LogP contribution in [0.3, 0.4) is 0 Å². The third-order valence-electron chi connectivity index (χ3n) is 5.57. The Labute approximate surface area is 180 Å². The van der Waals surface area contributed by atoms with E-state index < -0.39 is 5.97 Å². The van der Waals surface area contributed by atoms with Gasteiger partial charge in [0.2, 0.25) is 0 Å². The zero-order valence-electron chi connectivity index (χ0n) is 17.5. The lowest BCUT2D eigenvalue weighted by molar-refractivity contribution is -0.136. The molecule has 7 nitrogen and oxygen atoms in total. The molecule has 31 heavy (non-hydrogen) atoms. The topological polar surface area (TPSA) is 81.5 Å². The number of ether oxygens (including phenoxy) is 1. The quantitative estimate of drug-likeness (QED) is 0.594. The van der Waals surface area contributed by atoms with Gasteiger partial charge in [0.05, 0.1) is 11.9 Å². The maximum atomic E-state index is 12.9. The molecule has 1 atom stereocenters. The number of nitrogens with zero attached hydrogens (tertiary/aromatic N) is 3. The lowest BCUT2D eigenvalue weighted by Crippen LogP contribution is -2.41. The molecular formula is C24H25N3O4. The fourth-order valence-corrected chi connectivity index (χ4v) is 3.95. The van der Waals surface area contributed by atoms with Crippen molar-refractivity contribution in [1.82, 2.24) is 14.7 Å². The normalized spacial score (nSPS) is 16.3. The lowest BCUT2D eigenvalue weighted by atomic mass is 10.0. The van der Waals surface area contributed by atoms with Gasteiger partial charge in [-0.3, -0.25) is 9.59 Å². The Morgan fingerprint density at radius 1 is 1.06 bits per heavy atom. The summed E-state index contributed by atoms with van der Waals surface area (Å²) in [5, 5.41) is 5.11. The minimum atomic E-state index is -0.712. The number of fused-ring (bicyclic) bond motifs is 1. The Balaban J connectivity index is 1.58. The number of piperidine rings is 1. The predicted octanol–water partition coefficient (Wildman–Crippen LogP) is 2.86. The van der Waals surface area contributed by atoms with Crippen LogP contribution >= 0.6 is 0 Å². The number of hydrogen-bond donors (Lipinski definition) is 0. The number of hydrogen-bond acceptors (Lipinski definition) is 5. The van der Waals surface area contributed by atoms with Crippen LogP contribution in [0, 0.1) is 5.92 Å². The van der Waals surface area contributed by atoms with Crippen molar-refractivity contribution >= 4 is 22.6 Å². The molecule has 1 aliphatic heterocycles. The van der Waals surface area contributed by atoms with E-state index in [0.717, 1.165) is 18.4 Å². The molecule has 160 valence electrons. The molecule has 2 aromatic carbocycles. The molecule has 1 saturated heterocycles. The highest BCUT2D eigenvalue weighted by Gasteiger charge is 2.24. The summed E-state index contributed by atoms with van der Waals surface area (Å²) in [6.45, 7) is 3.37. The highest BCUT2D eigenvalue weighted by atomic mass is 16.5. The summed E-state index contributed by atoms with van der Waals surface area (Å²) in [7, 11) is 0. The van der Waals surface area contributed by atoms with Gasteiger partial charge in [-0.1, -0.05) is 55.5 Å². The molecule has 0 radical (unpaired) electrons. The van der Waals surface area contributed by atoms with Crippen LogP contribution in [0.25, 0.3) is 10.8 Å². The molecular weight excluding hydrogens is 394 g/mol. The van der Waals surface area contributed by atoms with Gasteiger partial charge in [-0.25, -0.2) is 9.48 Å². The molecule has 0 saturated carbocycles. The number of carbonyl (C=O) groups is 2. The molecule has 1 aliphatic rings. The first-order valence-electron chi connectivity index (χ1n) is 10.5. The molecule has 4 rings (SSSR count). The minimum Gasteiger partial charge on any atom is -0.451 e. The Morgan fingerprint density at radius 2 is 1.77 bits per heavy atom. The van der Waals surface area contributed by atoms with Gasteiger partial charge in [-0.15, -0.1) is 0 Å². The number of likely N-dealkylation sites (tertiary alicyclic amines) is 1. The first-order valence-corrected chi connectivity index (χ1v) is 10.5. The third kappa shape index (κ3) is 4.66. The van der Waals surface area contributed by atoms with Crippen LogP contribution in [-0.4, -0.2) is 46.3 Å². The van der Waals surface area contributed by atoms with Crippen LogP contribution in [-0.2, 0) is 16.1 Å². The number of aromatic nitrogens is 2. The van der Waals surface area contributed by atoms with Gasteiger partial charge in [0.1, 0.15) is 0 Å². The average Bonchev–Trinajstić information content (AvgIpc) is 2.80. The number of benzene rings is 2. The van der Waals surface area contributed by atoms with Crippen LogP contribution in [0.5, 0.6) is 0 Å². The Kier molecular flexibility index (Phi) is 6.11. The van der Waals surface area contributed by atoms with Crippen molar-refractivity contribution in [1.29, 1.82) is 0 Å². The second kappa shape index (κ2) is 9.12. The van der Waals surface area contributed by atoms with Crippen LogP contribution in [0.4, 0.5) is 0 Å². The number of carbonyl (C=O) groups excluding carboxylic acids is 2. The smallest absolute Gasteiger partial charge is 0.359 e. The van der Waals surface area contributed by atoms with E-state index in [1.54, 1.807) is 29.2 Å². The van der Waals surface area contributed by atoms with E-state index >= 15 is 0 Å². The molecule has 1 amide bonds. The summed E-state index contributed by atoms with van der Waals surface area (Å²) < 4.78 is 6.59. The number of esters is 1. The van der Waals surface area contributed by atoms with Gasteiger partial charge in [-0.2, -0.15) is 5.10 Å². The van der Waals surface area contributed by atoms with Crippen molar-refractivity contribution in [2.45, 2.75) is 26.3 Å². The Hall–Kier alpha value is -3.48. The maximum absolute atomic E-state index is 12.9. The van der Waals surface area contributed by atoms with Crippen LogP contribution in [0.15, 0.2) is 59.4 Å². The molecule has 0 spiro atoms. The van der Waals surface area contributed by atoms with Gasteiger partial charge < -0.3 is 9.64 Å². The summed E-state index contributed by atoms with van der Waals surface area (Å²) in [6.07, 6.45) is 2.06. The molecule has 7 heteroatoms.